The average Bonchev–Trinajstić information content (AvgIpc) is 2.96. The van der Waals surface area contributed by atoms with Gasteiger partial charge in [-0.3, -0.25) is 4.79 Å². The zero-order valence-electron chi connectivity index (χ0n) is 11.7. The Morgan fingerprint density at radius 1 is 1.29 bits per heavy atom. The molecule has 0 spiro atoms. The van der Waals surface area contributed by atoms with E-state index in [0.29, 0.717) is 42.9 Å². The summed E-state index contributed by atoms with van der Waals surface area (Å²) in [5.41, 5.74) is 6.47. The molecule has 3 rings (SSSR count). The van der Waals surface area contributed by atoms with E-state index in [9.17, 15) is 4.79 Å². The maximum Gasteiger partial charge on any atom is 0.227 e. The minimum atomic E-state index is 0.00935. The molecule has 2 unspecified atom stereocenters. The van der Waals surface area contributed by atoms with Gasteiger partial charge in [0.25, 0.3) is 0 Å². The number of ether oxygens (including phenoxy) is 2. The van der Waals surface area contributed by atoms with E-state index in [-0.39, 0.29) is 11.8 Å². The van der Waals surface area contributed by atoms with Gasteiger partial charge in [-0.25, -0.2) is 0 Å². The topological polar surface area (TPSA) is 73.6 Å². The van der Waals surface area contributed by atoms with Gasteiger partial charge < -0.3 is 20.5 Å². The van der Waals surface area contributed by atoms with Crippen LogP contribution in [0.5, 0.6) is 11.5 Å². The van der Waals surface area contributed by atoms with E-state index in [1.54, 1.807) is 0 Å². The van der Waals surface area contributed by atoms with Gasteiger partial charge in [-0.05, 0) is 41.2 Å². The third-order valence-electron chi connectivity index (χ3n) is 4.19. The Morgan fingerprint density at radius 3 is 2.71 bits per heavy atom. The normalized spacial score (nSPS) is 23.9. The first-order valence-corrected chi connectivity index (χ1v) is 8.08. The Morgan fingerprint density at radius 2 is 2.00 bits per heavy atom. The highest BCUT2D eigenvalue weighted by Crippen LogP contribution is 2.39. The van der Waals surface area contributed by atoms with Gasteiger partial charge in [-0.1, -0.05) is 6.42 Å². The van der Waals surface area contributed by atoms with Gasteiger partial charge >= 0.3 is 0 Å². The first kappa shape index (κ1) is 14.7. The predicted molar refractivity (Wildman–Crippen MR) is 83.6 cm³/mol. The second kappa shape index (κ2) is 6.23. The summed E-state index contributed by atoms with van der Waals surface area (Å²) < 4.78 is 11.9. The number of anilines is 1. The molecule has 0 saturated heterocycles. The number of carbonyl (C=O) groups is 1. The van der Waals surface area contributed by atoms with Crippen molar-refractivity contribution in [2.75, 3.05) is 25.1 Å². The Labute approximate surface area is 132 Å². The Hall–Kier alpha value is -1.27. The Balaban J connectivity index is 1.76. The van der Waals surface area contributed by atoms with Crippen LogP contribution in [-0.4, -0.2) is 25.7 Å². The Kier molecular flexibility index (Phi) is 4.35. The van der Waals surface area contributed by atoms with Crippen molar-refractivity contribution in [1.29, 1.82) is 0 Å². The van der Waals surface area contributed by atoms with Gasteiger partial charge in [0.1, 0.15) is 13.2 Å². The van der Waals surface area contributed by atoms with Crippen LogP contribution < -0.4 is 20.5 Å². The number of nitrogens with one attached hydrogen (secondary N) is 1. The summed E-state index contributed by atoms with van der Waals surface area (Å²) in [6, 6.07) is 3.64. The predicted octanol–water partition coefficient (Wildman–Crippen LogP) is 2.53. The lowest BCUT2D eigenvalue weighted by atomic mass is 9.95. The number of nitrogens with two attached hydrogens (primary N) is 1. The van der Waals surface area contributed by atoms with Crippen LogP contribution in [0.25, 0.3) is 0 Å². The van der Waals surface area contributed by atoms with E-state index >= 15 is 0 Å². The molecule has 21 heavy (non-hydrogen) atoms. The molecule has 1 aromatic rings. The van der Waals surface area contributed by atoms with Gasteiger partial charge in [-0.15, -0.1) is 0 Å². The molecule has 1 amide bonds. The lowest BCUT2D eigenvalue weighted by Gasteiger charge is -2.21. The van der Waals surface area contributed by atoms with Gasteiger partial charge in [0.2, 0.25) is 5.91 Å². The molecule has 1 aliphatic heterocycles. The number of hydrogen-bond acceptors (Lipinski definition) is 4. The van der Waals surface area contributed by atoms with Crippen molar-refractivity contribution in [2.45, 2.75) is 19.3 Å². The van der Waals surface area contributed by atoms with Crippen molar-refractivity contribution in [3.8, 4) is 11.5 Å². The van der Waals surface area contributed by atoms with Crippen LogP contribution in [0.2, 0.25) is 0 Å². The second-order valence-corrected chi connectivity index (χ2v) is 6.35. The first-order valence-electron chi connectivity index (χ1n) is 7.29. The summed E-state index contributed by atoms with van der Waals surface area (Å²) in [4.78, 5) is 12.4. The van der Waals surface area contributed by atoms with Gasteiger partial charge in [0.05, 0.1) is 5.69 Å². The molecular weight excluding hydrogens is 336 g/mol. The highest BCUT2D eigenvalue weighted by Gasteiger charge is 2.32. The summed E-state index contributed by atoms with van der Waals surface area (Å²) in [6.45, 7) is 1.64. The summed E-state index contributed by atoms with van der Waals surface area (Å²) in [6.07, 6.45) is 3.02. The van der Waals surface area contributed by atoms with Crippen LogP contribution in [0.3, 0.4) is 0 Å². The van der Waals surface area contributed by atoms with Crippen molar-refractivity contribution in [2.24, 2.45) is 17.6 Å². The highest BCUT2D eigenvalue weighted by molar-refractivity contribution is 9.10. The number of halogens is 1. The fourth-order valence-corrected chi connectivity index (χ4v) is 3.47. The molecule has 1 saturated carbocycles. The molecule has 0 radical (unpaired) electrons. The van der Waals surface area contributed by atoms with E-state index in [1.807, 2.05) is 12.1 Å². The molecule has 6 heteroatoms. The fraction of sp³-hybridized carbons (Fsp3) is 0.533. The lowest BCUT2D eigenvalue weighted by Crippen LogP contribution is -2.30. The van der Waals surface area contributed by atoms with Crippen molar-refractivity contribution < 1.29 is 14.3 Å². The standard InChI is InChI=1S/C15H19BrN2O3/c16-11-6-13-14(21-5-4-20-13)7-12(11)18-15(19)10-3-1-2-9(10)8-17/h6-7,9-10H,1-5,8,17H2,(H,18,19). The molecule has 1 fully saturated rings. The molecule has 2 aliphatic rings. The molecule has 1 aromatic carbocycles. The van der Waals surface area contributed by atoms with E-state index in [2.05, 4.69) is 21.2 Å². The number of carbonyl (C=O) groups excluding carboxylic acids is 1. The van der Waals surface area contributed by atoms with Crippen LogP contribution in [0.1, 0.15) is 19.3 Å². The van der Waals surface area contributed by atoms with Crippen molar-refractivity contribution in [3.05, 3.63) is 16.6 Å². The molecule has 0 bridgehead atoms. The van der Waals surface area contributed by atoms with E-state index in [0.717, 1.165) is 23.7 Å². The smallest absolute Gasteiger partial charge is 0.227 e. The molecule has 2 atom stereocenters. The van der Waals surface area contributed by atoms with Gasteiger partial charge in [-0.2, -0.15) is 0 Å². The summed E-state index contributed by atoms with van der Waals surface area (Å²) in [5, 5.41) is 2.99. The van der Waals surface area contributed by atoms with Crippen molar-refractivity contribution in [1.82, 2.24) is 0 Å². The monoisotopic (exact) mass is 354 g/mol. The largest absolute Gasteiger partial charge is 0.486 e. The molecule has 0 aromatic heterocycles. The SMILES string of the molecule is NCC1CCCC1C(=O)Nc1cc2c(cc1Br)OCCO2. The van der Waals surface area contributed by atoms with Crippen molar-refractivity contribution >= 4 is 27.5 Å². The third kappa shape index (κ3) is 3.01. The molecule has 1 aliphatic carbocycles. The number of rotatable bonds is 3. The maximum absolute atomic E-state index is 12.4. The summed E-state index contributed by atoms with van der Waals surface area (Å²) in [5.74, 6) is 1.71. The van der Waals surface area contributed by atoms with Crippen LogP contribution in [0.15, 0.2) is 16.6 Å². The molecule has 5 nitrogen and oxygen atoms in total. The fourth-order valence-electron chi connectivity index (χ4n) is 3.05. The first-order chi connectivity index (χ1) is 10.2. The van der Waals surface area contributed by atoms with E-state index in [4.69, 9.17) is 15.2 Å². The number of hydrogen-bond donors (Lipinski definition) is 2. The quantitative estimate of drug-likeness (QED) is 0.874. The second-order valence-electron chi connectivity index (χ2n) is 5.50. The van der Waals surface area contributed by atoms with E-state index < -0.39 is 0 Å². The summed E-state index contributed by atoms with van der Waals surface area (Å²) >= 11 is 3.47. The zero-order chi connectivity index (χ0) is 14.8. The van der Waals surface area contributed by atoms with Crippen LogP contribution in [0, 0.1) is 11.8 Å². The maximum atomic E-state index is 12.4. The van der Waals surface area contributed by atoms with Crippen LogP contribution in [0.4, 0.5) is 5.69 Å². The molecule has 3 N–H and O–H groups in total. The molecule has 114 valence electrons. The zero-order valence-corrected chi connectivity index (χ0v) is 13.3. The Bertz CT molecular complexity index is 550. The number of fused-ring (bicyclic) bond motifs is 1. The van der Waals surface area contributed by atoms with Gasteiger partial charge in [0, 0.05) is 22.5 Å². The van der Waals surface area contributed by atoms with Crippen molar-refractivity contribution in [3.63, 3.8) is 0 Å². The average molecular weight is 355 g/mol. The minimum Gasteiger partial charge on any atom is -0.486 e. The van der Waals surface area contributed by atoms with Gasteiger partial charge in [0.15, 0.2) is 11.5 Å². The summed E-state index contributed by atoms with van der Waals surface area (Å²) in [7, 11) is 0. The lowest BCUT2D eigenvalue weighted by molar-refractivity contribution is -0.120. The number of benzene rings is 1. The number of amides is 1. The molecular formula is C15H19BrN2O3. The van der Waals surface area contributed by atoms with Crippen LogP contribution in [-0.2, 0) is 4.79 Å². The van der Waals surface area contributed by atoms with E-state index in [1.165, 1.54) is 0 Å². The minimum absolute atomic E-state index is 0.00935. The highest BCUT2D eigenvalue weighted by atomic mass is 79.9. The molecule has 1 heterocycles. The van der Waals surface area contributed by atoms with Crippen LogP contribution >= 0.6 is 15.9 Å². The third-order valence-corrected chi connectivity index (χ3v) is 4.84.